The number of aryl methyl sites for hydroxylation is 1. The molecule has 0 bridgehead atoms. The monoisotopic (exact) mass is 421 g/mol. The highest BCUT2D eigenvalue weighted by Crippen LogP contribution is 2.35. The molecule has 2 aromatic carbocycles. The van der Waals surface area contributed by atoms with Gasteiger partial charge in [0.15, 0.2) is 0 Å². The number of benzene rings is 2. The topological polar surface area (TPSA) is 59.2 Å². The van der Waals surface area contributed by atoms with Crippen LogP contribution in [0.3, 0.4) is 0 Å². The molecule has 4 rings (SSSR count). The van der Waals surface area contributed by atoms with Crippen LogP contribution in [0, 0.1) is 6.92 Å². The molecule has 1 aliphatic rings. The fourth-order valence-electron chi connectivity index (χ4n) is 3.33. The molecule has 1 atom stereocenters. The molecule has 1 fully saturated rings. The van der Waals surface area contributed by atoms with E-state index in [1.54, 1.807) is 17.0 Å². The van der Waals surface area contributed by atoms with Gasteiger partial charge in [0.05, 0.1) is 11.5 Å². The summed E-state index contributed by atoms with van der Waals surface area (Å²) in [5.74, 6) is -0.198. The van der Waals surface area contributed by atoms with Crippen molar-refractivity contribution in [2.24, 2.45) is 0 Å². The Bertz CT molecular complexity index is 1080. The molecule has 1 saturated heterocycles. The number of rotatable bonds is 3. The Hall–Kier alpha value is -2.87. The number of hydrogen-bond acceptors (Lipinski definition) is 4. The highest BCUT2D eigenvalue weighted by atomic mass is 35.5. The Balaban J connectivity index is 1.58. The highest BCUT2D eigenvalue weighted by molar-refractivity contribution is 6.31. The fraction of sp³-hybridized carbons (Fsp3) is 0.250. The van der Waals surface area contributed by atoms with Crippen molar-refractivity contribution in [3.63, 3.8) is 0 Å². The van der Waals surface area contributed by atoms with E-state index in [0.717, 1.165) is 17.7 Å². The molecule has 0 saturated carbocycles. The number of carbonyl (C=O) groups is 1. The first-order chi connectivity index (χ1) is 13.7. The molecule has 2 heterocycles. The minimum absolute atomic E-state index is 0.0518. The average Bonchev–Trinajstić information content (AvgIpc) is 3.30. The van der Waals surface area contributed by atoms with Crippen molar-refractivity contribution in [2.75, 3.05) is 11.4 Å². The van der Waals surface area contributed by atoms with Gasteiger partial charge in [0.1, 0.15) is 0 Å². The van der Waals surface area contributed by atoms with Crippen molar-refractivity contribution in [3.8, 4) is 11.4 Å². The van der Waals surface area contributed by atoms with Crippen LogP contribution in [0.5, 0.6) is 0 Å². The van der Waals surface area contributed by atoms with Crippen LogP contribution in [0.2, 0.25) is 5.02 Å². The summed E-state index contributed by atoms with van der Waals surface area (Å²) in [4.78, 5) is 18.4. The van der Waals surface area contributed by atoms with Crippen LogP contribution >= 0.6 is 11.6 Å². The third-order valence-electron chi connectivity index (χ3n) is 4.83. The van der Waals surface area contributed by atoms with E-state index in [-0.39, 0.29) is 35.5 Å². The van der Waals surface area contributed by atoms with E-state index < -0.39 is 11.7 Å². The lowest BCUT2D eigenvalue weighted by Gasteiger charge is -2.18. The third-order valence-corrected chi connectivity index (χ3v) is 5.06. The zero-order chi connectivity index (χ0) is 20.8. The zero-order valence-electron chi connectivity index (χ0n) is 15.2. The number of nitrogens with zero attached hydrogens (tertiary/aromatic N) is 3. The molecule has 0 aliphatic carbocycles. The van der Waals surface area contributed by atoms with Gasteiger partial charge in [-0.1, -0.05) is 35.0 Å². The Morgan fingerprint density at radius 1 is 1.21 bits per heavy atom. The summed E-state index contributed by atoms with van der Waals surface area (Å²) in [6, 6.07) is 10.0. The summed E-state index contributed by atoms with van der Waals surface area (Å²) in [7, 11) is 0. The number of halogens is 4. The third kappa shape index (κ3) is 3.85. The van der Waals surface area contributed by atoms with Crippen LogP contribution in [-0.2, 0) is 11.0 Å². The normalized spacial score (nSPS) is 17.2. The van der Waals surface area contributed by atoms with Crippen LogP contribution in [0.4, 0.5) is 18.9 Å². The molecule has 3 aromatic rings. The van der Waals surface area contributed by atoms with Crippen LogP contribution in [0.25, 0.3) is 11.4 Å². The van der Waals surface area contributed by atoms with Gasteiger partial charge in [0, 0.05) is 29.2 Å². The quantitative estimate of drug-likeness (QED) is 0.580. The number of aromatic nitrogens is 2. The van der Waals surface area contributed by atoms with Gasteiger partial charge in [0.2, 0.25) is 17.6 Å². The second-order valence-electron chi connectivity index (χ2n) is 6.87. The summed E-state index contributed by atoms with van der Waals surface area (Å²) in [6.45, 7) is 2.20. The maximum absolute atomic E-state index is 12.9. The molecule has 0 N–H and O–H groups in total. The number of amides is 1. The number of alkyl halides is 3. The minimum atomic E-state index is -4.46. The fourth-order valence-corrected chi connectivity index (χ4v) is 3.50. The average molecular weight is 422 g/mol. The Kier molecular flexibility index (Phi) is 4.82. The summed E-state index contributed by atoms with van der Waals surface area (Å²) in [5.41, 5.74) is 1.02. The van der Waals surface area contributed by atoms with Crippen LogP contribution < -0.4 is 4.90 Å². The maximum atomic E-state index is 12.9. The first-order valence-electron chi connectivity index (χ1n) is 8.80. The van der Waals surface area contributed by atoms with Gasteiger partial charge in [-0.25, -0.2) is 0 Å². The molecule has 0 spiro atoms. The molecule has 0 radical (unpaired) electrons. The number of carbonyl (C=O) groups excluding carboxylic acids is 1. The van der Waals surface area contributed by atoms with E-state index in [1.165, 1.54) is 12.1 Å². The number of anilines is 1. The first-order valence-corrected chi connectivity index (χ1v) is 9.18. The Morgan fingerprint density at radius 3 is 2.76 bits per heavy atom. The zero-order valence-corrected chi connectivity index (χ0v) is 16.0. The second-order valence-corrected chi connectivity index (χ2v) is 7.31. The summed E-state index contributed by atoms with van der Waals surface area (Å²) >= 11 is 6.05. The lowest BCUT2D eigenvalue weighted by atomic mass is 10.1. The molecule has 9 heteroatoms. The maximum Gasteiger partial charge on any atom is 0.416 e. The summed E-state index contributed by atoms with van der Waals surface area (Å²) in [6.07, 6.45) is -4.30. The highest BCUT2D eigenvalue weighted by Gasteiger charge is 2.36. The van der Waals surface area contributed by atoms with Gasteiger partial charge in [0.25, 0.3) is 0 Å². The van der Waals surface area contributed by atoms with E-state index in [1.807, 2.05) is 13.0 Å². The van der Waals surface area contributed by atoms with E-state index in [9.17, 15) is 18.0 Å². The molecular formula is C20H15ClF3N3O2. The second kappa shape index (κ2) is 7.18. The van der Waals surface area contributed by atoms with E-state index in [0.29, 0.717) is 17.3 Å². The summed E-state index contributed by atoms with van der Waals surface area (Å²) in [5, 5.41) is 4.32. The Morgan fingerprint density at radius 2 is 2.00 bits per heavy atom. The number of hydrogen-bond donors (Lipinski definition) is 0. The lowest BCUT2D eigenvalue weighted by molar-refractivity contribution is -0.137. The molecule has 5 nitrogen and oxygen atoms in total. The van der Waals surface area contributed by atoms with Gasteiger partial charge in [-0.05, 0) is 36.8 Å². The van der Waals surface area contributed by atoms with Gasteiger partial charge >= 0.3 is 6.18 Å². The molecule has 29 heavy (non-hydrogen) atoms. The predicted octanol–water partition coefficient (Wildman–Crippen LogP) is 5.24. The lowest BCUT2D eigenvalue weighted by Crippen LogP contribution is -2.25. The standard InChI is InChI=1S/C20H15ClF3N3O2/c1-11-5-6-15(21)9-16(11)27-10-13(8-17(27)28)19-25-18(26-29-19)12-3-2-4-14(7-12)20(22,23)24/h2-7,9,13H,8,10H2,1H3. The van der Waals surface area contributed by atoms with Crippen molar-refractivity contribution in [2.45, 2.75) is 25.4 Å². The van der Waals surface area contributed by atoms with E-state index in [4.69, 9.17) is 16.1 Å². The van der Waals surface area contributed by atoms with Crippen molar-refractivity contribution in [1.82, 2.24) is 10.1 Å². The molecule has 1 amide bonds. The van der Waals surface area contributed by atoms with Crippen LogP contribution in [-0.4, -0.2) is 22.6 Å². The van der Waals surface area contributed by atoms with E-state index >= 15 is 0 Å². The van der Waals surface area contributed by atoms with Crippen LogP contribution in [0.1, 0.15) is 29.4 Å². The largest absolute Gasteiger partial charge is 0.416 e. The van der Waals surface area contributed by atoms with Crippen LogP contribution in [0.15, 0.2) is 47.0 Å². The first kappa shape index (κ1) is 19.4. The van der Waals surface area contributed by atoms with Gasteiger partial charge in [-0.15, -0.1) is 0 Å². The molecule has 150 valence electrons. The molecular weight excluding hydrogens is 407 g/mol. The van der Waals surface area contributed by atoms with Crippen molar-refractivity contribution < 1.29 is 22.5 Å². The van der Waals surface area contributed by atoms with Crippen molar-refractivity contribution >= 4 is 23.2 Å². The Labute approximate surface area is 169 Å². The van der Waals surface area contributed by atoms with Gasteiger partial charge in [-0.3, -0.25) is 4.79 Å². The smallest absolute Gasteiger partial charge is 0.339 e. The van der Waals surface area contributed by atoms with Gasteiger partial charge < -0.3 is 9.42 Å². The van der Waals surface area contributed by atoms with Crippen molar-refractivity contribution in [3.05, 3.63) is 64.5 Å². The van der Waals surface area contributed by atoms with Gasteiger partial charge in [-0.2, -0.15) is 18.2 Å². The van der Waals surface area contributed by atoms with E-state index in [2.05, 4.69) is 10.1 Å². The molecule has 1 unspecified atom stereocenters. The van der Waals surface area contributed by atoms with Crippen molar-refractivity contribution in [1.29, 1.82) is 0 Å². The summed E-state index contributed by atoms with van der Waals surface area (Å²) < 4.78 is 44.0. The molecule has 1 aliphatic heterocycles. The predicted molar refractivity (Wildman–Crippen MR) is 101 cm³/mol. The SMILES string of the molecule is Cc1ccc(Cl)cc1N1CC(c2nc(-c3cccc(C(F)(F)F)c3)no2)CC1=O. The molecule has 1 aromatic heterocycles. The minimum Gasteiger partial charge on any atom is -0.339 e.